The highest BCUT2D eigenvalue weighted by molar-refractivity contribution is 14.1. The highest BCUT2D eigenvalue weighted by Gasteiger charge is 2.12. The maximum atomic E-state index is 6.20. The number of anilines is 1. The molecule has 0 aliphatic carbocycles. The summed E-state index contributed by atoms with van der Waals surface area (Å²) in [5.41, 5.74) is 7.63. The predicted molar refractivity (Wildman–Crippen MR) is 86.7 cm³/mol. The van der Waals surface area contributed by atoms with Gasteiger partial charge in [0.15, 0.2) is 5.82 Å². The molecule has 2 N–H and O–H groups in total. The Morgan fingerprint density at radius 3 is 2.72 bits per heavy atom. The maximum Gasteiger partial charge on any atom is 0.163 e. The van der Waals surface area contributed by atoms with Gasteiger partial charge in [-0.25, -0.2) is 9.97 Å². The Hall–Kier alpha value is -0.400. The van der Waals surface area contributed by atoms with Gasteiger partial charge in [-0.1, -0.05) is 34.5 Å². The second-order valence-corrected chi connectivity index (χ2v) is 6.07. The number of hydrogen-bond donors (Lipinski definition) is 1. The summed E-state index contributed by atoms with van der Waals surface area (Å²) in [5.74, 6) is 1.07. The third kappa shape index (κ3) is 2.78. The van der Waals surface area contributed by atoms with Gasteiger partial charge in [0.2, 0.25) is 0 Å². The van der Waals surface area contributed by atoms with Crippen molar-refractivity contribution in [2.45, 2.75) is 13.3 Å². The minimum absolute atomic E-state index is 0.497. The number of benzene rings is 1. The molecule has 0 saturated heterocycles. The van der Waals surface area contributed by atoms with Crippen molar-refractivity contribution in [2.75, 3.05) is 5.73 Å². The van der Waals surface area contributed by atoms with Crippen LogP contribution in [0.2, 0.25) is 5.02 Å². The zero-order valence-electron chi connectivity index (χ0n) is 9.54. The molecule has 2 rings (SSSR count). The molecule has 1 aromatic carbocycles. The van der Waals surface area contributed by atoms with E-state index in [-0.39, 0.29) is 0 Å². The van der Waals surface area contributed by atoms with Crippen molar-refractivity contribution in [3.8, 4) is 11.4 Å². The smallest absolute Gasteiger partial charge is 0.163 e. The van der Waals surface area contributed by atoms with E-state index >= 15 is 0 Å². The number of nitrogens with two attached hydrogens (primary N) is 1. The van der Waals surface area contributed by atoms with Gasteiger partial charge in [-0.15, -0.1) is 0 Å². The van der Waals surface area contributed by atoms with Gasteiger partial charge in [-0.2, -0.15) is 0 Å². The number of nitrogens with zero attached hydrogens (tertiary/aromatic N) is 2. The fraction of sp³-hybridized carbons (Fsp3) is 0.167. The number of aryl methyl sites for hydroxylation is 1. The van der Waals surface area contributed by atoms with Crippen molar-refractivity contribution in [1.82, 2.24) is 9.97 Å². The van der Waals surface area contributed by atoms with E-state index in [2.05, 4.69) is 48.5 Å². The summed E-state index contributed by atoms with van der Waals surface area (Å²) in [7, 11) is 0. The molecule has 6 heteroatoms. The minimum Gasteiger partial charge on any atom is -0.383 e. The third-order valence-electron chi connectivity index (χ3n) is 2.45. The van der Waals surface area contributed by atoms with E-state index in [1.165, 1.54) is 0 Å². The summed E-state index contributed by atoms with van der Waals surface area (Å²) in [6.07, 6.45) is 0.812. The minimum atomic E-state index is 0.497. The molecule has 2 aromatic rings. The lowest BCUT2D eigenvalue weighted by Crippen LogP contribution is -2.04. The summed E-state index contributed by atoms with van der Waals surface area (Å²) < 4.78 is 1.83. The van der Waals surface area contributed by atoms with Crippen molar-refractivity contribution in [1.29, 1.82) is 0 Å². The first-order valence-corrected chi connectivity index (χ1v) is 7.55. The summed E-state index contributed by atoms with van der Waals surface area (Å²) in [6.45, 7) is 2.04. The zero-order valence-corrected chi connectivity index (χ0v) is 14.0. The molecular weight excluding hydrogens is 428 g/mol. The van der Waals surface area contributed by atoms with E-state index < -0.39 is 0 Å². The van der Waals surface area contributed by atoms with Crippen LogP contribution in [0.25, 0.3) is 11.4 Å². The molecule has 0 radical (unpaired) electrons. The quantitative estimate of drug-likeness (QED) is 0.711. The second kappa shape index (κ2) is 5.71. The van der Waals surface area contributed by atoms with Crippen LogP contribution >= 0.6 is 50.1 Å². The van der Waals surface area contributed by atoms with Gasteiger partial charge in [-0.05, 0) is 47.2 Å². The molecule has 0 aliphatic rings. The summed E-state index contributed by atoms with van der Waals surface area (Å²) >= 11 is 11.7. The van der Waals surface area contributed by atoms with Crippen LogP contribution in [0.1, 0.15) is 12.6 Å². The Morgan fingerprint density at radius 2 is 2.11 bits per heavy atom. The van der Waals surface area contributed by atoms with Gasteiger partial charge in [0.25, 0.3) is 0 Å². The topological polar surface area (TPSA) is 51.8 Å². The highest BCUT2D eigenvalue weighted by Crippen LogP contribution is 2.30. The van der Waals surface area contributed by atoms with Gasteiger partial charge in [-0.3, -0.25) is 0 Å². The third-order valence-corrected chi connectivity index (χ3v) is 4.43. The van der Waals surface area contributed by atoms with Crippen LogP contribution in [0.5, 0.6) is 0 Å². The van der Waals surface area contributed by atoms with Crippen LogP contribution in [0.4, 0.5) is 5.82 Å². The monoisotopic (exact) mass is 437 g/mol. The molecule has 0 amide bonds. The number of nitrogen functional groups attached to an aromatic ring is 1. The SMILES string of the molecule is CCc1nc(-c2ccc(Br)cc2Cl)nc(N)c1I. The van der Waals surface area contributed by atoms with Crippen LogP contribution in [0.3, 0.4) is 0 Å². The van der Waals surface area contributed by atoms with Gasteiger partial charge < -0.3 is 5.73 Å². The van der Waals surface area contributed by atoms with Gasteiger partial charge in [0.05, 0.1) is 14.3 Å². The predicted octanol–water partition coefficient (Wildman–Crippen LogP) is 4.31. The summed E-state index contributed by atoms with van der Waals surface area (Å²) in [6, 6.07) is 5.61. The van der Waals surface area contributed by atoms with Crippen LogP contribution < -0.4 is 5.73 Å². The van der Waals surface area contributed by atoms with Crippen LogP contribution in [-0.2, 0) is 6.42 Å². The van der Waals surface area contributed by atoms with E-state index in [0.29, 0.717) is 16.7 Å². The first kappa shape index (κ1) is 14.0. The Morgan fingerprint density at radius 1 is 1.39 bits per heavy atom. The maximum absolute atomic E-state index is 6.20. The van der Waals surface area contributed by atoms with Crippen molar-refractivity contribution in [3.05, 3.63) is 37.0 Å². The van der Waals surface area contributed by atoms with Crippen molar-refractivity contribution in [3.63, 3.8) is 0 Å². The molecule has 0 spiro atoms. The second-order valence-electron chi connectivity index (χ2n) is 3.67. The first-order chi connectivity index (χ1) is 8.52. The molecule has 1 heterocycles. The molecule has 0 aliphatic heterocycles. The van der Waals surface area contributed by atoms with Crippen LogP contribution in [0.15, 0.2) is 22.7 Å². The molecule has 0 saturated carbocycles. The van der Waals surface area contributed by atoms with E-state index in [1.807, 2.05) is 25.1 Å². The average molecular weight is 438 g/mol. The summed E-state index contributed by atoms with van der Waals surface area (Å²) in [4.78, 5) is 8.82. The normalized spacial score (nSPS) is 10.7. The number of halogens is 3. The molecule has 94 valence electrons. The van der Waals surface area contributed by atoms with E-state index in [0.717, 1.165) is 25.7 Å². The molecule has 1 aromatic heterocycles. The fourth-order valence-electron chi connectivity index (χ4n) is 1.54. The Bertz CT molecular complexity index is 604. The fourth-order valence-corrected chi connectivity index (χ4v) is 2.92. The number of rotatable bonds is 2. The molecular formula is C12H10BrClIN3. The lowest BCUT2D eigenvalue weighted by atomic mass is 10.2. The van der Waals surface area contributed by atoms with E-state index in [9.17, 15) is 0 Å². The molecule has 0 bridgehead atoms. The Kier molecular flexibility index (Phi) is 4.45. The van der Waals surface area contributed by atoms with Crippen molar-refractivity contribution in [2.24, 2.45) is 0 Å². The number of hydrogen-bond acceptors (Lipinski definition) is 3. The zero-order chi connectivity index (χ0) is 13.3. The molecule has 0 fully saturated rings. The van der Waals surface area contributed by atoms with Crippen molar-refractivity contribution < 1.29 is 0 Å². The van der Waals surface area contributed by atoms with Gasteiger partial charge in [0.1, 0.15) is 5.82 Å². The molecule has 0 unspecified atom stereocenters. The van der Waals surface area contributed by atoms with E-state index in [4.69, 9.17) is 17.3 Å². The lowest BCUT2D eigenvalue weighted by Gasteiger charge is -2.09. The van der Waals surface area contributed by atoms with Gasteiger partial charge in [0, 0.05) is 10.0 Å². The molecule has 18 heavy (non-hydrogen) atoms. The highest BCUT2D eigenvalue weighted by atomic mass is 127. The number of aromatic nitrogens is 2. The Labute approximate surface area is 132 Å². The summed E-state index contributed by atoms with van der Waals surface area (Å²) in [5, 5.41) is 0.604. The van der Waals surface area contributed by atoms with E-state index in [1.54, 1.807) is 0 Å². The largest absolute Gasteiger partial charge is 0.383 e. The van der Waals surface area contributed by atoms with Crippen LogP contribution in [0, 0.1) is 3.57 Å². The molecule has 3 nitrogen and oxygen atoms in total. The first-order valence-electron chi connectivity index (χ1n) is 5.30. The lowest BCUT2D eigenvalue weighted by molar-refractivity contribution is 0.994. The standard InChI is InChI=1S/C12H10BrClIN3/c1-2-9-10(15)11(16)18-12(17-9)7-4-3-6(13)5-8(7)14/h3-5H,2H2,1H3,(H2,16,17,18). The van der Waals surface area contributed by atoms with Crippen LogP contribution in [-0.4, -0.2) is 9.97 Å². The average Bonchev–Trinajstić information content (AvgIpc) is 2.32. The Balaban J connectivity index is 2.60. The van der Waals surface area contributed by atoms with Crippen molar-refractivity contribution >= 4 is 55.9 Å². The molecule has 0 atom stereocenters. The van der Waals surface area contributed by atoms with Gasteiger partial charge >= 0.3 is 0 Å².